The van der Waals surface area contributed by atoms with Gasteiger partial charge in [0, 0.05) is 38.4 Å². The molecule has 2 rings (SSSR count). The molecular formula is C23H31F3N4O. The summed E-state index contributed by atoms with van der Waals surface area (Å²) in [5.74, 6) is 0.678. The number of pyridine rings is 1. The molecule has 0 fully saturated rings. The monoisotopic (exact) mass is 436 g/mol. The van der Waals surface area contributed by atoms with E-state index in [0.717, 1.165) is 18.9 Å². The minimum atomic E-state index is -4.33. The van der Waals surface area contributed by atoms with E-state index in [1.807, 2.05) is 19.9 Å². The van der Waals surface area contributed by atoms with Gasteiger partial charge in [0.1, 0.15) is 0 Å². The van der Waals surface area contributed by atoms with Crippen molar-refractivity contribution in [1.29, 1.82) is 0 Å². The number of hydrogen-bond acceptors (Lipinski definition) is 2. The van der Waals surface area contributed by atoms with Crippen molar-refractivity contribution in [2.24, 2.45) is 4.99 Å². The van der Waals surface area contributed by atoms with Crippen LogP contribution in [0.2, 0.25) is 0 Å². The van der Waals surface area contributed by atoms with Crippen molar-refractivity contribution >= 4 is 5.96 Å². The molecule has 0 spiro atoms. The highest BCUT2D eigenvalue weighted by Crippen LogP contribution is 2.31. The molecular weight excluding hydrogens is 405 g/mol. The molecule has 1 aromatic heterocycles. The van der Waals surface area contributed by atoms with Crippen molar-refractivity contribution in [3.05, 3.63) is 70.1 Å². The Morgan fingerprint density at radius 1 is 1.13 bits per heavy atom. The zero-order valence-electron chi connectivity index (χ0n) is 18.1. The molecule has 0 aliphatic heterocycles. The fraction of sp³-hybridized carbons (Fsp3) is 0.478. The second-order valence-corrected chi connectivity index (χ2v) is 7.44. The van der Waals surface area contributed by atoms with Crippen LogP contribution in [0.5, 0.6) is 0 Å². The number of guanidine groups is 1. The minimum Gasteiger partial charge on any atom is -0.357 e. The number of nitrogens with zero attached hydrogens (tertiary/aromatic N) is 2. The quantitative estimate of drug-likeness (QED) is 0.330. The summed E-state index contributed by atoms with van der Waals surface area (Å²) in [6.07, 6.45) is -0.170. The Hall–Kier alpha value is -2.77. The van der Waals surface area contributed by atoms with Gasteiger partial charge < -0.3 is 15.2 Å². The van der Waals surface area contributed by atoms with Crippen LogP contribution in [-0.2, 0) is 12.7 Å². The van der Waals surface area contributed by atoms with Crippen LogP contribution < -0.4 is 16.2 Å². The van der Waals surface area contributed by atoms with E-state index in [1.54, 1.807) is 29.0 Å². The third-order valence-corrected chi connectivity index (χ3v) is 4.97. The maximum absolute atomic E-state index is 12.9. The molecule has 0 saturated heterocycles. The average molecular weight is 437 g/mol. The van der Waals surface area contributed by atoms with Crippen molar-refractivity contribution in [3.63, 3.8) is 0 Å². The topological polar surface area (TPSA) is 58.4 Å². The van der Waals surface area contributed by atoms with Crippen LogP contribution in [0.3, 0.4) is 0 Å². The number of halogens is 3. The number of aryl methyl sites for hydroxylation is 1. The number of benzene rings is 1. The molecule has 0 aliphatic carbocycles. The number of alkyl halides is 3. The van der Waals surface area contributed by atoms with E-state index in [9.17, 15) is 18.0 Å². The first kappa shape index (κ1) is 24.5. The number of aliphatic imine (C=N–C) groups is 1. The Kier molecular flexibility index (Phi) is 9.62. The number of nitrogens with one attached hydrogen (secondary N) is 2. The molecule has 170 valence electrons. The summed E-state index contributed by atoms with van der Waals surface area (Å²) in [6.45, 7) is 6.50. The van der Waals surface area contributed by atoms with Crippen LogP contribution in [0.25, 0.3) is 0 Å². The summed E-state index contributed by atoms with van der Waals surface area (Å²) in [4.78, 5) is 16.2. The van der Waals surface area contributed by atoms with Gasteiger partial charge in [0.2, 0.25) is 5.56 Å². The van der Waals surface area contributed by atoms with Crippen LogP contribution >= 0.6 is 0 Å². The van der Waals surface area contributed by atoms with Gasteiger partial charge in [-0.05, 0) is 49.8 Å². The molecule has 1 unspecified atom stereocenters. The molecule has 1 atom stereocenters. The molecule has 2 aromatic rings. The normalized spacial score (nSPS) is 13.1. The second-order valence-electron chi connectivity index (χ2n) is 7.44. The number of unbranched alkanes of at least 4 members (excludes halogenated alkanes) is 1. The molecule has 5 nitrogen and oxygen atoms in total. The Balaban J connectivity index is 1.78. The molecule has 31 heavy (non-hydrogen) atoms. The van der Waals surface area contributed by atoms with Gasteiger partial charge >= 0.3 is 6.18 Å². The van der Waals surface area contributed by atoms with Crippen LogP contribution in [-0.4, -0.2) is 30.2 Å². The van der Waals surface area contributed by atoms with E-state index < -0.39 is 11.7 Å². The standard InChI is InChI=1S/C23H31F3N4O/c1-3-27-22(28-13-5-7-16-30-15-6-4-11-21(30)31)29-14-12-18(2)19-9-8-10-20(17-19)23(24,25)26/h4,6,8-11,15,17-18H,3,5,7,12-14,16H2,1-2H3,(H2,27,28,29). The first-order valence-corrected chi connectivity index (χ1v) is 10.7. The van der Waals surface area contributed by atoms with Crippen molar-refractivity contribution in [2.45, 2.75) is 51.7 Å². The lowest BCUT2D eigenvalue weighted by atomic mass is 9.96. The number of aromatic nitrogens is 1. The molecule has 0 bridgehead atoms. The maximum atomic E-state index is 12.9. The van der Waals surface area contributed by atoms with Crippen molar-refractivity contribution in [1.82, 2.24) is 15.2 Å². The third-order valence-electron chi connectivity index (χ3n) is 4.97. The summed E-state index contributed by atoms with van der Waals surface area (Å²) in [6, 6.07) is 10.6. The van der Waals surface area contributed by atoms with Gasteiger partial charge in [0.15, 0.2) is 5.96 Å². The average Bonchev–Trinajstić information content (AvgIpc) is 2.74. The van der Waals surface area contributed by atoms with E-state index in [4.69, 9.17) is 0 Å². The van der Waals surface area contributed by atoms with Crippen LogP contribution in [0.1, 0.15) is 50.2 Å². The molecule has 8 heteroatoms. The third kappa shape index (κ3) is 8.47. The Morgan fingerprint density at radius 3 is 2.65 bits per heavy atom. The van der Waals surface area contributed by atoms with Gasteiger partial charge in [-0.2, -0.15) is 13.2 Å². The fourth-order valence-electron chi connectivity index (χ4n) is 3.17. The lowest BCUT2D eigenvalue weighted by Gasteiger charge is -2.16. The predicted octanol–water partition coefficient (Wildman–Crippen LogP) is 4.40. The summed E-state index contributed by atoms with van der Waals surface area (Å²) >= 11 is 0. The smallest absolute Gasteiger partial charge is 0.357 e. The van der Waals surface area contributed by atoms with Crippen LogP contribution in [0, 0.1) is 0 Å². The zero-order chi connectivity index (χ0) is 22.7. The van der Waals surface area contributed by atoms with Crippen molar-refractivity contribution < 1.29 is 13.2 Å². The molecule has 1 aromatic carbocycles. The summed E-state index contributed by atoms with van der Waals surface area (Å²) in [7, 11) is 0. The molecule has 0 radical (unpaired) electrons. The molecule has 0 aliphatic rings. The largest absolute Gasteiger partial charge is 0.416 e. The molecule has 0 saturated carbocycles. The highest BCUT2D eigenvalue weighted by atomic mass is 19.4. The predicted molar refractivity (Wildman–Crippen MR) is 118 cm³/mol. The minimum absolute atomic E-state index is 0.00380. The highest BCUT2D eigenvalue weighted by molar-refractivity contribution is 5.79. The first-order valence-electron chi connectivity index (χ1n) is 10.7. The summed E-state index contributed by atoms with van der Waals surface area (Å²) < 4.78 is 40.4. The lowest BCUT2D eigenvalue weighted by Crippen LogP contribution is -2.38. The molecule has 1 heterocycles. The zero-order valence-corrected chi connectivity index (χ0v) is 18.1. The van der Waals surface area contributed by atoms with Gasteiger partial charge in [0.05, 0.1) is 5.56 Å². The second kappa shape index (κ2) is 12.2. The molecule has 2 N–H and O–H groups in total. The Morgan fingerprint density at radius 2 is 1.94 bits per heavy atom. The van der Waals surface area contributed by atoms with E-state index in [-0.39, 0.29) is 11.5 Å². The highest BCUT2D eigenvalue weighted by Gasteiger charge is 2.30. The molecule has 0 amide bonds. The van der Waals surface area contributed by atoms with E-state index in [0.29, 0.717) is 44.1 Å². The summed E-state index contributed by atoms with van der Waals surface area (Å²) in [5, 5.41) is 6.42. The van der Waals surface area contributed by atoms with Gasteiger partial charge in [-0.25, -0.2) is 0 Å². The summed E-state index contributed by atoms with van der Waals surface area (Å²) in [5.41, 5.74) is 0.0584. The Labute approximate surface area is 181 Å². The first-order chi connectivity index (χ1) is 14.8. The SMILES string of the molecule is CCNC(=NCCCCn1ccccc1=O)NCCC(C)c1cccc(C(F)(F)F)c1. The van der Waals surface area contributed by atoms with Gasteiger partial charge in [-0.3, -0.25) is 9.79 Å². The van der Waals surface area contributed by atoms with Crippen molar-refractivity contribution in [3.8, 4) is 0 Å². The number of hydrogen-bond donors (Lipinski definition) is 2. The van der Waals surface area contributed by atoms with Crippen LogP contribution in [0.4, 0.5) is 13.2 Å². The van der Waals surface area contributed by atoms with E-state index in [1.165, 1.54) is 12.1 Å². The van der Waals surface area contributed by atoms with E-state index in [2.05, 4.69) is 15.6 Å². The maximum Gasteiger partial charge on any atom is 0.416 e. The van der Waals surface area contributed by atoms with Gasteiger partial charge in [-0.1, -0.05) is 31.2 Å². The van der Waals surface area contributed by atoms with Crippen molar-refractivity contribution in [2.75, 3.05) is 19.6 Å². The van der Waals surface area contributed by atoms with Crippen LogP contribution in [0.15, 0.2) is 58.4 Å². The van der Waals surface area contributed by atoms with Gasteiger partial charge in [-0.15, -0.1) is 0 Å². The lowest BCUT2D eigenvalue weighted by molar-refractivity contribution is -0.137. The van der Waals surface area contributed by atoms with E-state index >= 15 is 0 Å². The Bertz CT molecular complexity index is 893. The van der Waals surface area contributed by atoms with Gasteiger partial charge in [0.25, 0.3) is 0 Å². The number of rotatable bonds is 10. The fourth-order valence-corrected chi connectivity index (χ4v) is 3.17.